The third kappa shape index (κ3) is 17.3. The monoisotopic (exact) mass is 778 g/mol. The van der Waals surface area contributed by atoms with Gasteiger partial charge < -0.3 is 31.6 Å². The maximum atomic E-state index is 12.5. The van der Waals surface area contributed by atoms with Gasteiger partial charge in [0.2, 0.25) is 0 Å². The molecule has 0 saturated heterocycles. The maximum Gasteiger partial charge on any atom is 0.305 e. The lowest BCUT2D eigenvalue weighted by Crippen LogP contribution is -3.00. The number of rotatable bonds is 26. The van der Waals surface area contributed by atoms with E-state index in [2.05, 4.69) is 122 Å². The Kier molecular flexibility index (Phi) is 23.9. The van der Waals surface area contributed by atoms with Crippen molar-refractivity contribution in [1.82, 2.24) is 0 Å². The first kappa shape index (κ1) is 44.1. The molecule has 5 nitrogen and oxygen atoms in total. The smallest absolute Gasteiger partial charge is 0.305 e. The number of carbonyl (C=O) groups excluding carboxylic acids is 2. The summed E-state index contributed by atoms with van der Waals surface area (Å²) < 4.78 is 10.6. The summed E-state index contributed by atoms with van der Waals surface area (Å²) in [5.74, 6) is -0.660. The van der Waals surface area contributed by atoms with Gasteiger partial charge in [0.05, 0.1) is 6.16 Å². The summed E-state index contributed by atoms with van der Waals surface area (Å²) in [7, 11) is -1.93. The standard InChI is InChI=1S/C44H60O5P.BrH/c1-2-3-4-5-6-7-8-9-10-11-12-13-14-15-25-34-43(46)48-37-39(45)38-49-44(47)35-26-27-36-50(40-28-19-16-20-29-40,41-30-21-17-22-31-41)42-32-23-18-24-33-42;/h6-7,9-10,16-24,28-33,39,45H,2-5,8,11-15,25-27,34-38H2,1H3;1H/q+1;/p-1/b7-6-,10-9-;. The molecule has 51 heavy (non-hydrogen) atoms. The van der Waals surface area contributed by atoms with Crippen LogP contribution in [0.15, 0.2) is 115 Å². The minimum atomic E-state index is -1.93. The molecule has 0 amide bonds. The van der Waals surface area contributed by atoms with Crippen molar-refractivity contribution in [1.29, 1.82) is 0 Å². The Balaban J connectivity index is 0.00000901. The Bertz CT molecular complexity index is 1280. The summed E-state index contributed by atoms with van der Waals surface area (Å²) in [6.45, 7) is 1.89. The van der Waals surface area contributed by atoms with E-state index in [0.29, 0.717) is 12.8 Å². The van der Waals surface area contributed by atoms with Crippen LogP contribution in [0.3, 0.4) is 0 Å². The fourth-order valence-corrected chi connectivity index (χ4v) is 10.6. The number of aliphatic hydroxyl groups is 1. The Morgan fingerprint density at radius 1 is 0.588 bits per heavy atom. The number of hydrogen-bond donors (Lipinski definition) is 1. The van der Waals surface area contributed by atoms with E-state index in [1.165, 1.54) is 48.0 Å². The van der Waals surface area contributed by atoms with Crippen LogP contribution in [0.5, 0.6) is 0 Å². The van der Waals surface area contributed by atoms with Crippen molar-refractivity contribution in [3.05, 3.63) is 115 Å². The zero-order valence-corrected chi connectivity index (χ0v) is 33.2. The van der Waals surface area contributed by atoms with E-state index < -0.39 is 13.4 Å². The first-order chi connectivity index (χ1) is 24.6. The van der Waals surface area contributed by atoms with Crippen LogP contribution in [0.25, 0.3) is 0 Å². The molecule has 0 heterocycles. The molecule has 0 fully saturated rings. The fraction of sp³-hybridized carbons (Fsp3) is 0.455. The number of benzene rings is 3. The van der Waals surface area contributed by atoms with Crippen LogP contribution in [0, 0.1) is 0 Å². The molecule has 0 bridgehead atoms. The SMILES string of the molecule is CCCCC/C=C\C/C=C\CCCCCCCC(=O)OCC(O)COC(=O)CCCC[P+](c1ccccc1)(c1ccccc1)c1ccccc1.[Br-]. The van der Waals surface area contributed by atoms with Crippen LogP contribution in [-0.2, 0) is 19.1 Å². The van der Waals surface area contributed by atoms with Gasteiger partial charge in [0.1, 0.15) is 42.5 Å². The third-order valence-corrected chi connectivity index (χ3v) is 13.4. The number of allylic oxidation sites excluding steroid dienone is 4. The molecule has 0 aliphatic heterocycles. The molecule has 1 atom stereocenters. The molecule has 3 aromatic carbocycles. The van der Waals surface area contributed by atoms with E-state index in [1.54, 1.807) is 0 Å². The normalized spacial score (nSPS) is 12.1. The highest BCUT2D eigenvalue weighted by Crippen LogP contribution is 2.56. The lowest BCUT2D eigenvalue weighted by Gasteiger charge is -2.27. The second kappa shape index (κ2) is 27.6. The molecular weight excluding hydrogens is 719 g/mol. The molecule has 0 aromatic heterocycles. The van der Waals surface area contributed by atoms with Crippen molar-refractivity contribution in [3.63, 3.8) is 0 Å². The molecule has 278 valence electrons. The molecule has 3 aromatic rings. The number of ether oxygens (including phenoxy) is 2. The van der Waals surface area contributed by atoms with E-state index in [9.17, 15) is 14.7 Å². The topological polar surface area (TPSA) is 72.8 Å². The minimum absolute atomic E-state index is 0. The second-order valence-electron chi connectivity index (χ2n) is 13.0. The van der Waals surface area contributed by atoms with E-state index in [4.69, 9.17) is 9.47 Å². The summed E-state index contributed by atoms with van der Waals surface area (Å²) in [6, 6.07) is 32.2. The number of unbranched alkanes of at least 4 members (excludes halogenated alkanes) is 9. The molecule has 0 aliphatic carbocycles. The van der Waals surface area contributed by atoms with Gasteiger partial charge in [-0.3, -0.25) is 9.59 Å². The fourth-order valence-electron chi connectivity index (χ4n) is 6.15. The molecule has 3 rings (SSSR count). The molecular formula is C44H60BrO5P. The molecule has 0 radical (unpaired) electrons. The maximum absolute atomic E-state index is 12.5. The van der Waals surface area contributed by atoms with Crippen molar-refractivity contribution < 1.29 is 41.2 Å². The number of carbonyl (C=O) groups is 2. The van der Waals surface area contributed by atoms with Crippen LogP contribution >= 0.6 is 7.26 Å². The van der Waals surface area contributed by atoms with Crippen molar-refractivity contribution in [2.45, 2.75) is 109 Å². The Morgan fingerprint density at radius 3 is 1.47 bits per heavy atom. The average Bonchev–Trinajstić information content (AvgIpc) is 3.16. The van der Waals surface area contributed by atoms with Gasteiger partial charge in [-0.2, -0.15) is 0 Å². The third-order valence-electron chi connectivity index (χ3n) is 8.92. The predicted octanol–water partition coefficient (Wildman–Crippen LogP) is 6.42. The average molecular weight is 780 g/mol. The van der Waals surface area contributed by atoms with E-state index in [-0.39, 0.29) is 48.6 Å². The Labute approximate surface area is 319 Å². The molecule has 0 saturated carbocycles. The quantitative estimate of drug-likeness (QED) is 0.0442. The number of hydrogen-bond acceptors (Lipinski definition) is 5. The van der Waals surface area contributed by atoms with Gasteiger partial charge in [0.15, 0.2) is 0 Å². The van der Waals surface area contributed by atoms with Gasteiger partial charge >= 0.3 is 11.9 Å². The van der Waals surface area contributed by atoms with Gasteiger partial charge in [0.25, 0.3) is 0 Å². The van der Waals surface area contributed by atoms with Gasteiger partial charge in [0, 0.05) is 12.8 Å². The molecule has 0 aliphatic rings. The zero-order valence-electron chi connectivity index (χ0n) is 30.7. The lowest BCUT2D eigenvalue weighted by molar-refractivity contribution is -0.152. The summed E-state index contributed by atoms with van der Waals surface area (Å²) in [5, 5.41) is 14.2. The van der Waals surface area contributed by atoms with Crippen molar-refractivity contribution in [2.75, 3.05) is 19.4 Å². The Morgan fingerprint density at radius 2 is 1.00 bits per heavy atom. The molecule has 1 unspecified atom stereocenters. The number of halogens is 1. The first-order valence-corrected chi connectivity index (χ1v) is 20.9. The number of aliphatic hydroxyl groups excluding tert-OH is 1. The minimum Gasteiger partial charge on any atom is -1.00 e. The summed E-state index contributed by atoms with van der Waals surface area (Å²) in [5.41, 5.74) is 0. The van der Waals surface area contributed by atoms with Crippen LogP contribution in [0.1, 0.15) is 103 Å². The zero-order chi connectivity index (χ0) is 35.5. The molecule has 1 N–H and O–H groups in total. The van der Waals surface area contributed by atoms with Gasteiger partial charge in [-0.05, 0) is 87.8 Å². The van der Waals surface area contributed by atoms with Crippen molar-refractivity contribution in [2.24, 2.45) is 0 Å². The lowest BCUT2D eigenvalue weighted by atomic mass is 10.1. The summed E-state index contributed by atoms with van der Waals surface area (Å²) in [6.07, 6.45) is 23.5. The van der Waals surface area contributed by atoms with E-state index >= 15 is 0 Å². The van der Waals surface area contributed by atoms with Crippen LogP contribution in [0.2, 0.25) is 0 Å². The molecule has 7 heteroatoms. The second-order valence-corrected chi connectivity index (χ2v) is 16.6. The first-order valence-electron chi connectivity index (χ1n) is 18.9. The highest BCUT2D eigenvalue weighted by molar-refractivity contribution is 7.95. The van der Waals surface area contributed by atoms with Gasteiger partial charge in [-0.1, -0.05) is 118 Å². The van der Waals surface area contributed by atoms with Gasteiger partial charge in [-0.15, -0.1) is 0 Å². The van der Waals surface area contributed by atoms with Crippen LogP contribution in [-0.4, -0.2) is 42.5 Å². The summed E-state index contributed by atoms with van der Waals surface area (Å²) in [4.78, 5) is 24.7. The van der Waals surface area contributed by atoms with Crippen molar-refractivity contribution >= 4 is 35.1 Å². The van der Waals surface area contributed by atoms with E-state index in [0.717, 1.165) is 51.1 Å². The molecule has 0 spiro atoms. The predicted molar refractivity (Wildman–Crippen MR) is 211 cm³/mol. The highest BCUT2D eigenvalue weighted by atomic mass is 79.9. The van der Waals surface area contributed by atoms with Crippen molar-refractivity contribution in [3.8, 4) is 0 Å². The van der Waals surface area contributed by atoms with Crippen LogP contribution in [0.4, 0.5) is 0 Å². The van der Waals surface area contributed by atoms with Gasteiger partial charge in [-0.25, -0.2) is 0 Å². The number of esters is 2. The Hall–Kier alpha value is -3.05. The van der Waals surface area contributed by atoms with E-state index in [1.807, 2.05) is 0 Å². The largest absolute Gasteiger partial charge is 1.00 e. The van der Waals surface area contributed by atoms with Crippen LogP contribution < -0.4 is 32.9 Å². The summed E-state index contributed by atoms with van der Waals surface area (Å²) >= 11 is 0. The highest BCUT2D eigenvalue weighted by Gasteiger charge is 2.44.